The molecule has 0 aliphatic rings. The molecule has 0 fully saturated rings. The van der Waals surface area contributed by atoms with Gasteiger partial charge >= 0.3 is 99.2 Å². The van der Waals surface area contributed by atoms with Gasteiger partial charge in [-0.15, -0.1) is 0 Å². The van der Waals surface area contributed by atoms with Gasteiger partial charge in [0.05, 0.1) is 114 Å². The first-order valence-electron chi connectivity index (χ1n) is 35.5. The standard InChI is InChI=1S/8C9H14F2NO3.4BFO2/c8*1-12(2)7(8(10)11)6(5-14-3)9(13)15-4;4*2-1(3)4/h8*5,8H,1-4H3;;;;/q8*+1;4*-2/b8*6-5+;;;;. The van der Waals surface area contributed by atoms with Gasteiger partial charge in [0.25, 0.3) is 45.7 Å². The fourth-order valence-electron chi connectivity index (χ4n) is 7.96. The molecule has 0 aromatic rings. The van der Waals surface area contributed by atoms with Crippen LogP contribution in [-0.2, 0) is 114 Å². The summed E-state index contributed by atoms with van der Waals surface area (Å²) in [5.41, 5.74) is -5.86. The number of nitrogens with zero attached hydrogens (tertiary/aromatic N) is 8. The summed E-state index contributed by atoms with van der Waals surface area (Å²) < 4.78 is 322. The van der Waals surface area contributed by atoms with E-state index in [0.717, 1.165) is 144 Å². The van der Waals surface area contributed by atoms with Gasteiger partial charge in [-0.2, -0.15) is 70.2 Å². The third-order valence-electron chi connectivity index (χ3n) is 12.8. The zero-order valence-electron chi connectivity index (χ0n) is 79.7. The van der Waals surface area contributed by atoms with Crippen molar-refractivity contribution in [1.29, 1.82) is 0 Å². The Morgan fingerprint density at radius 1 is 0.184 bits per heavy atom. The maximum atomic E-state index is 12.6. The van der Waals surface area contributed by atoms with E-state index in [1.807, 2.05) is 0 Å². The van der Waals surface area contributed by atoms with Crippen LogP contribution < -0.4 is 40.2 Å². The number of rotatable bonds is 32. The number of alkyl halides is 16. The van der Waals surface area contributed by atoms with E-state index in [4.69, 9.17) is 40.2 Å². The summed E-state index contributed by atoms with van der Waals surface area (Å²) in [5, 5.41) is 66.4. The average Bonchev–Trinajstić information content (AvgIpc) is 0.910. The van der Waals surface area contributed by atoms with E-state index in [0.29, 0.717) is 0 Å². The number of halogens is 20. The summed E-state index contributed by atoms with van der Waals surface area (Å²) in [6.45, 7) is 0. The van der Waals surface area contributed by atoms with Crippen molar-refractivity contribution < 1.29 is 278 Å². The van der Waals surface area contributed by atoms with Gasteiger partial charge in [0.15, 0.2) is 44.6 Å². The maximum Gasteiger partial charge on any atom is 0.347 e. The average molecular weight is 2020 g/mol. The highest BCUT2D eigenvalue weighted by atomic mass is 19.3. The maximum absolute atomic E-state index is 12.6. The second kappa shape index (κ2) is 88.3. The molecule has 0 saturated carbocycles. The molecule has 0 unspecified atom stereocenters. The zero-order valence-corrected chi connectivity index (χ0v) is 79.7. The van der Waals surface area contributed by atoms with E-state index in [2.05, 4.69) is 75.8 Å². The second-order valence-electron chi connectivity index (χ2n) is 23.8. The van der Waals surface area contributed by atoms with E-state index in [1.54, 1.807) is 0 Å². The third-order valence-corrected chi connectivity index (χ3v) is 12.8. The lowest BCUT2D eigenvalue weighted by atomic mass is 10.2. The van der Waals surface area contributed by atoms with Crippen molar-refractivity contribution in [1.82, 2.24) is 0 Å². The quantitative estimate of drug-likeness (QED) is 0.00905. The van der Waals surface area contributed by atoms with Gasteiger partial charge in [-0.25, -0.2) is 75.0 Å². The molecule has 0 aromatic carbocycles. The first-order valence-corrected chi connectivity index (χ1v) is 35.5. The molecule has 0 saturated heterocycles. The van der Waals surface area contributed by atoms with E-state index < -0.39 is 174 Å². The summed E-state index contributed by atoms with van der Waals surface area (Å²) in [4.78, 5) is 89.6. The molecule has 0 aliphatic heterocycles. The SMILES string of the molecule is CO/C=C(/C(=O)OC)C(C(F)F)=[N+](C)C.CO/C=C(/C(=O)OC)C(C(F)F)=[N+](C)C.CO/C=C(/C(=O)OC)C(C(F)F)=[N+](C)C.CO/C=C(/C(=O)OC)C(C(F)F)=[N+](C)C.CO/C=C(/C(=O)OC)C(C(F)F)=[N+](C)C.CO/C=C(/C(=O)OC)C(C(F)F)=[N+](C)C.CO/C=C(/C(=O)OC)C(C(F)F)=[N+](C)C.CO/C=C(/C(=O)OC)C(C(F)F)=[N+](C)C.[O-]B([O-])F.[O-]B([O-])F.[O-]B([O-])F.[O-]B([O-])F. The minimum Gasteiger partial charge on any atom is -0.867 e. The number of carbonyl (C=O) groups is 8. The van der Waals surface area contributed by atoms with Crippen molar-refractivity contribution >= 4 is 123 Å². The summed E-state index contributed by atoms with van der Waals surface area (Å²) in [6.07, 6.45) is -14.7. The van der Waals surface area contributed by atoms with Gasteiger partial charge in [0.1, 0.15) is 192 Å². The molecule has 0 radical (unpaired) electrons. The normalized spacial score (nSPS) is 10.7. The van der Waals surface area contributed by atoms with Crippen molar-refractivity contribution in [2.75, 3.05) is 227 Å². The van der Waals surface area contributed by atoms with Crippen LogP contribution >= 0.6 is 0 Å². The van der Waals surface area contributed by atoms with E-state index >= 15 is 0 Å². The Morgan fingerprint density at radius 3 is 0.272 bits per heavy atom. The number of methoxy groups -OCH3 is 16. The molecular weight excluding hydrogens is 1910 g/mol. The number of carbonyl (C=O) groups excluding carboxylic acids is 8. The summed E-state index contributed by atoms with van der Waals surface area (Å²) >= 11 is 0. The topological polar surface area (TPSA) is 493 Å². The van der Waals surface area contributed by atoms with Crippen molar-refractivity contribution in [3.8, 4) is 0 Å². The lowest BCUT2D eigenvalue weighted by Gasteiger charge is -2.09. The number of hydrogen-bond acceptors (Lipinski definition) is 32. The van der Waals surface area contributed by atoms with Crippen LogP contribution in [0.4, 0.5) is 87.5 Å². The van der Waals surface area contributed by atoms with Gasteiger partial charge in [0.2, 0.25) is 0 Å². The van der Waals surface area contributed by atoms with Gasteiger partial charge in [-0.3, -0.25) is 0 Å². The highest BCUT2D eigenvalue weighted by Crippen LogP contribution is 2.17. The van der Waals surface area contributed by atoms with Crippen molar-refractivity contribution in [2.45, 2.75) is 51.4 Å². The van der Waals surface area contributed by atoms with Gasteiger partial charge in [0, 0.05) is 0 Å². The van der Waals surface area contributed by atoms with Crippen molar-refractivity contribution in [3.05, 3.63) is 94.7 Å². The minimum absolute atomic E-state index is 0.292. The summed E-state index contributed by atoms with van der Waals surface area (Å²) in [7, 11) is 29.0. The van der Waals surface area contributed by atoms with Gasteiger partial charge < -0.3 is 133 Å². The van der Waals surface area contributed by atoms with Crippen LogP contribution in [0.2, 0.25) is 0 Å². The molecular formula is C72H112B4F20N8O32. The van der Waals surface area contributed by atoms with Crippen LogP contribution in [0.3, 0.4) is 0 Å². The van der Waals surface area contributed by atoms with Crippen molar-refractivity contribution in [2.24, 2.45) is 0 Å². The second-order valence-corrected chi connectivity index (χ2v) is 23.8. The molecule has 0 spiro atoms. The Morgan fingerprint density at radius 2 is 0.243 bits per heavy atom. The highest BCUT2D eigenvalue weighted by Gasteiger charge is 2.39. The number of esters is 8. The molecule has 784 valence electrons. The lowest BCUT2D eigenvalue weighted by molar-refractivity contribution is -0.467. The highest BCUT2D eigenvalue weighted by molar-refractivity contribution is 6.28. The van der Waals surface area contributed by atoms with E-state index in [1.165, 1.54) is 170 Å². The summed E-state index contributed by atoms with van der Waals surface area (Å²) in [5.74, 6) is -6.88. The zero-order chi connectivity index (χ0) is 110. The van der Waals surface area contributed by atoms with E-state index in [-0.39, 0.29) is 44.6 Å². The van der Waals surface area contributed by atoms with Crippen molar-refractivity contribution in [3.63, 3.8) is 0 Å². The first kappa shape index (κ1) is 150. The largest absolute Gasteiger partial charge is 0.867 e. The predicted molar refractivity (Wildman–Crippen MR) is 429 cm³/mol. The van der Waals surface area contributed by atoms with Gasteiger partial charge in [-0.1, -0.05) is 0 Å². The van der Waals surface area contributed by atoms with Crippen LogP contribution in [0, 0.1) is 0 Å². The Bertz CT molecular complexity index is 3310. The fourth-order valence-corrected chi connectivity index (χ4v) is 7.96. The lowest BCUT2D eigenvalue weighted by Crippen LogP contribution is -2.39. The fraction of sp³-hybridized carbons (Fsp3) is 0.556. The Kier molecular flexibility index (Phi) is 97.1. The molecule has 0 N–H and O–H groups in total. The predicted octanol–water partition coefficient (Wildman–Crippen LogP) is -4.01. The van der Waals surface area contributed by atoms with Crippen LogP contribution in [-0.4, -0.2) is 438 Å². The first-order chi connectivity index (χ1) is 62.5. The molecule has 136 heavy (non-hydrogen) atoms. The Balaban J connectivity index is -0.000000126. The minimum atomic E-state index is -3.17. The van der Waals surface area contributed by atoms with Crippen LogP contribution in [0.5, 0.6) is 0 Å². The Hall–Kier alpha value is -12.0. The molecule has 40 nitrogen and oxygen atoms in total. The molecule has 0 bridgehead atoms. The molecule has 0 aromatic heterocycles. The van der Waals surface area contributed by atoms with Crippen LogP contribution in [0.1, 0.15) is 0 Å². The van der Waals surface area contributed by atoms with Crippen LogP contribution in [0.25, 0.3) is 0 Å². The Labute approximate surface area is 772 Å². The summed E-state index contributed by atoms with van der Waals surface area (Å²) in [6, 6.07) is 0. The third kappa shape index (κ3) is 73.4. The number of hydrogen-bond donors (Lipinski definition) is 0. The van der Waals surface area contributed by atoms with Gasteiger partial charge in [-0.05, 0) is 0 Å². The molecule has 64 heteroatoms. The molecule has 0 rings (SSSR count). The monoisotopic (exact) mass is 2020 g/mol. The number of ether oxygens (including phenoxy) is 16. The molecule has 0 heterocycles. The smallest absolute Gasteiger partial charge is 0.347 e. The molecule has 0 aliphatic carbocycles. The molecule has 0 amide bonds. The molecule has 0 atom stereocenters. The van der Waals surface area contributed by atoms with E-state index in [9.17, 15) is 126 Å². The van der Waals surface area contributed by atoms with Crippen LogP contribution in [0.15, 0.2) is 94.7 Å².